The first-order chi connectivity index (χ1) is 14.2. The highest BCUT2D eigenvalue weighted by molar-refractivity contribution is 5.74. The number of carbonyl (C=O) groups is 1. The highest BCUT2D eigenvalue weighted by Crippen LogP contribution is 2.19. The van der Waals surface area contributed by atoms with Crippen LogP contribution in [0.3, 0.4) is 0 Å². The average Bonchev–Trinajstić information content (AvgIpc) is 2.73. The fourth-order valence-corrected chi connectivity index (χ4v) is 3.21. The van der Waals surface area contributed by atoms with E-state index in [4.69, 9.17) is 14.2 Å². The molecule has 0 heterocycles. The van der Waals surface area contributed by atoms with Crippen molar-refractivity contribution in [1.82, 2.24) is 4.90 Å². The summed E-state index contributed by atoms with van der Waals surface area (Å²) in [6.07, 6.45) is 0.0625. The summed E-state index contributed by atoms with van der Waals surface area (Å²) in [6, 6.07) is 19.0. The minimum absolute atomic E-state index is 0.0379. The van der Waals surface area contributed by atoms with E-state index in [9.17, 15) is 9.90 Å². The quantitative estimate of drug-likeness (QED) is 0.386. The Balaban J connectivity index is 2.18. The molecule has 0 saturated heterocycles. The SMILES string of the molecule is CC[C@H](OCOCCOC)[C@H](C(=O)O)N(Cc1ccccc1)Cc1ccccc1. The minimum atomic E-state index is -0.902. The van der Waals surface area contributed by atoms with Crippen LogP contribution in [0.4, 0.5) is 0 Å². The van der Waals surface area contributed by atoms with Crippen LogP contribution in [-0.4, -0.2) is 55.2 Å². The second kappa shape index (κ2) is 13.1. The first-order valence-corrected chi connectivity index (χ1v) is 9.88. The van der Waals surface area contributed by atoms with Crippen LogP contribution >= 0.6 is 0 Å². The van der Waals surface area contributed by atoms with Gasteiger partial charge in [0.25, 0.3) is 0 Å². The summed E-state index contributed by atoms with van der Waals surface area (Å²) in [7, 11) is 1.60. The summed E-state index contributed by atoms with van der Waals surface area (Å²) in [5, 5.41) is 10.1. The van der Waals surface area contributed by atoms with Crippen molar-refractivity contribution < 1.29 is 24.1 Å². The molecule has 0 aromatic heterocycles. The van der Waals surface area contributed by atoms with Crippen LogP contribution in [0.15, 0.2) is 60.7 Å². The Hall–Kier alpha value is -2.25. The topological polar surface area (TPSA) is 68.2 Å². The molecule has 0 bridgehead atoms. The Morgan fingerprint density at radius 2 is 1.52 bits per heavy atom. The standard InChI is InChI=1S/C23H31NO5/c1-3-21(29-18-28-15-14-27-2)22(23(25)26)24(16-19-10-6-4-7-11-19)17-20-12-8-5-9-13-20/h4-13,21-22H,3,14-18H2,1-2H3,(H,25,26)/t21-,22+/m0/s1. The Bertz CT molecular complexity index is 653. The minimum Gasteiger partial charge on any atom is -0.480 e. The number of hydrogen-bond acceptors (Lipinski definition) is 5. The smallest absolute Gasteiger partial charge is 0.323 e. The van der Waals surface area contributed by atoms with Gasteiger partial charge in [-0.25, -0.2) is 0 Å². The van der Waals surface area contributed by atoms with Crippen molar-refractivity contribution in [3.63, 3.8) is 0 Å². The summed E-state index contributed by atoms with van der Waals surface area (Å²) in [5.41, 5.74) is 2.11. The van der Waals surface area contributed by atoms with Crippen molar-refractivity contribution in [3.8, 4) is 0 Å². The van der Waals surface area contributed by atoms with E-state index >= 15 is 0 Å². The van der Waals surface area contributed by atoms with Crippen molar-refractivity contribution in [2.45, 2.75) is 38.6 Å². The van der Waals surface area contributed by atoms with Gasteiger partial charge in [-0.05, 0) is 17.5 Å². The van der Waals surface area contributed by atoms with Crippen LogP contribution in [0.5, 0.6) is 0 Å². The molecule has 0 aliphatic carbocycles. The molecule has 158 valence electrons. The number of rotatable bonds is 14. The maximum Gasteiger partial charge on any atom is 0.323 e. The molecule has 29 heavy (non-hydrogen) atoms. The Morgan fingerprint density at radius 1 is 0.966 bits per heavy atom. The van der Waals surface area contributed by atoms with Crippen LogP contribution in [0.25, 0.3) is 0 Å². The molecule has 0 saturated carbocycles. The van der Waals surface area contributed by atoms with E-state index in [0.717, 1.165) is 11.1 Å². The van der Waals surface area contributed by atoms with E-state index in [1.54, 1.807) is 7.11 Å². The maximum atomic E-state index is 12.3. The number of aliphatic carboxylic acids is 1. The lowest BCUT2D eigenvalue weighted by molar-refractivity contribution is -0.160. The van der Waals surface area contributed by atoms with Gasteiger partial charge < -0.3 is 19.3 Å². The van der Waals surface area contributed by atoms with E-state index in [0.29, 0.717) is 32.7 Å². The van der Waals surface area contributed by atoms with Crippen LogP contribution in [0, 0.1) is 0 Å². The van der Waals surface area contributed by atoms with Gasteiger partial charge in [-0.2, -0.15) is 0 Å². The molecule has 2 aromatic carbocycles. The molecule has 0 spiro atoms. The van der Waals surface area contributed by atoms with Gasteiger partial charge in [-0.1, -0.05) is 67.6 Å². The first-order valence-electron chi connectivity index (χ1n) is 9.88. The zero-order chi connectivity index (χ0) is 20.9. The van der Waals surface area contributed by atoms with E-state index in [1.807, 2.05) is 72.5 Å². The number of hydrogen-bond donors (Lipinski definition) is 1. The van der Waals surface area contributed by atoms with E-state index < -0.39 is 18.1 Å². The van der Waals surface area contributed by atoms with Crippen molar-refractivity contribution in [1.29, 1.82) is 0 Å². The lowest BCUT2D eigenvalue weighted by Crippen LogP contribution is -2.49. The molecular weight excluding hydrogens is 370 g/mol. The Morgan fingerprint density at radius 3 is 1.97 bits per heavy atom. The summed E-state index contributed by atoms with van der Waals surface area (Å²) in [6.45, 7) is 3.86. The van der Waals surface area contributed by atoms with Crippen molar-refractivity contribution >= 4 is 5.97 Å². The molecule has 2 rings (SSSR count). The summed E-state index contributed by atoms with van der Waals surface area (Å²) in [5.74, 6) is -0.902. The number of carboxylic acid groups (broad SMARTS) is 1. The van der Waals surface area contributed by atoms with Gasteiger partial charge in [-0.15, -0.1) is 0 Å². The Labute approximate surface area is 173 Å². The van der Waals surface area contributed by atoms with Gasteiger partial charge in [0.05, 0.1) is 19.3 Å². The fourth-order valence-electron chi connectivity index (χ4n) is 3.21. The van der Waals surface area contributed by atoms with Gasteiger partial charge in [-0.3, -0.25) is 9.69 Å². The second-order valence-corrected chi connectivity index (χ2v) is 6.79. The van der Waals surface area contributed by atoms with Gasteiger partial charge in [0.15, 0.2) is 0 Å². The fraction of sp³-hybridized carbons (Fsp3) is 0.435. The van der Waals surface area contributed by atoms with Gasteiger partial charge in [0, 0.05) is 20.2 Å². The number of carboxylic acids is 1. The van der Waals surface area contributed by atoms with Crippen LogP contribution in [0.1, 0.15) is 24.5 Å². The largest absolute Gasteiger partial charge is 0.480 e. The predicted octanol–water partition coefficient (Wildman–Crippen LogP) is 3.56. The summed E-state index contributed by atoms with van der Waals surface area (Å²) in [4.78, 5) is 14.2. The second-order valence-electron chi connectivity index (χ2n) is 6.79. The lowest BCUT2D eigenvalue weighted by atomic mass is 10.0. The van der Waals surface area contributed by atoms with Crippen molar-refractivity contribution in [2.24, 2.45) is 0 Å². The molecule has 6 heteroatoms. The maximum absolute atomic E-state index is 12.3. The molecule has 0 unspecified atom stereocenters. The lowest BCUT2D eigenvalue weighted by Gasteiger charge is -2.34. The first kappa shape index (κ1) is 23.0. The van der Waals surface area contributed by atoms with Gasteiger partial charge in [0.1, 0.15) is 12.8 Å². The predicted molar refractivity (Wildman–Crippen MR) is 111 cm³/mol. The third-order valence-electron chi connectivity index (χ3n) is 4.66. The highest BCUT2D eigenvalue weighted by Gasteiger charge is 2.34. The van der Waals surface area contributed by atoms with Crippen LogP contribution < -0.4 is 0 Å². The Kier molecular flexibility index (Phi) is 10.4. The van der Waals surface area contributed by atoms with Crippen LogP contribution in [0.2, 0.25) is 0 Å². The molecule has 1 N–H and O–H groups in total. The highest BCUT2D eigenvalue weighted by atomic mass is 16.7. The molecule has 0 fully saturated rings. The van der Waals surface area contributed by atoms with E-state index in [-0.39, 0.29) is 6.79 Å². The number of nitrogens with zero attached hydrogens (tertiary/aromatic N) is 1. The van der Waals surface area contributed by atoms with Crippen molar-refractivity contribution in [3.05, 3.63) is 71.8 Å². The molecule has 0 aliphatic rings. The van der Waals surface area contributed by atoms with Gasteiger partial charge >= 0.3 is 5.97 Å². The molecule has 0 radical (unpaired) electrons. The molecule has 2 aromatic rings. The van der Waals surface area contributed by atoms with Gasteiger partial charge in [0.2, 0.25) is 0 Å². The number of methoxy groups -OCH3 is 1. The average molecular weight is 402 g/mol. The molecule has 0 amide bonds. The van der Waals surface area contributed by atoms with Crippen molar-refractivity contribution in [2.75, 3.05) is 27.1 Å². The number of ether oxygens (including phenoxy) is 3. The van der Waals surface area contributed by atoms with E-state index in [2.05, 4.69) is 0 Å². The third-order valence-corrected chi connectivity index (χ3v) is 4.66. The number of benzene rings is 2. The monoisotopic (exact) mass is 401 g/mol. The zero-order valence-corrected chi connectivity index (χ0v) is 17.2. The third kappa shape index (κ3) is 7.95. The van der Waals surface area contributed by atoms with E-state index in [1.165, 1.54) is 0 Å². The van der Waals surface area contributed by atoms with Crippen LogP contribution in [-0.2, 0) is 32.1 Å². The molecular formula is C23H31NO5. The summed E-state index contributed by atoms with van der Waals surface area (Å²) < 4.78 is 16.2. The summed E-state index contributed by atoms with van der Waals surface area (Å²) >= 11 is 0. The molecule has 0 aliphatic heterocycles. The normalized spacial score (nSPS) is 13.3. The molecule has 6 nitrogen and oxygen atoms in total. The zero-order valence-electron chi connectivity index (χ0n) is 17.2. The molecule has 2 atom stereocenters.